The number of aromatic nitrogens is 2. The molecule has 1 atom stereocenters. The molecule has 0 fully saturated rings. The van der Waals surface area contributed by atoms with Gasteiger partial charge in [-0.25, -0.2) is 0 Å². The number of hydrogen-bond acceptors (Lipinski definition) is 3. The molecule has 2 aromatic rings. The molecule has 0 saturated heterocycles. The van der Waals surface area contributed by atoms with Crippen molar-refractivity contribution in [1.29, 1.82) is 0 Å². The molecule has 0 bridgehead atoms. The van der Waals surface area contributed by atoms with Gasteiger partial charge in [-0.05, 0) is 24.1 Å². The van der Waals surface area contributed by atoms with Gasteiger partial charge in [0, 0.05) is 18.9 Å². The summed E-state index contributed by atoms with van der Waals surface area (Å²) in [6.07, 6.45) is 4.54. The summed E-state index contributed by atoms with van der Waals surface area (Å²) >= 11 is 0. The third-order valence-electron chi connectivity index (χ3n) is 2.89. The first-order valence-corrected chi connectivity index (χ1v) is 5.82. The van der Waals surface area contributed by atoms with Gasteiger partial charge in [0.2, 0.25) is 0 Å². The Morgan fingerprint density at radius 1 is 1.47 bits per heavy atom. The average Bonchev–Trinajstić information content (AvgIpc) is 2.77. The molecule has 17 heavy (non-hydrogen) atoms. The van der Waals surface area contributed by atoms with Crippen LogP contribution in [-0.4, -0.2) is 16.8 Å². The molecule has 0 radical (unpaired) electrons. The molecule has 90 valence electrons. The van der Waals surface area contributed by atoms with Gasteiger partial charge in [0.1, 0.15) is 0 Å². The zero-order valence-electron chi connectivity index (χ0n) is 10.2. The van der Waals surface area contributed by atoms with Gasteiger partial charge in [0.25, 0.3) is 0 Å². The van der Waals surface area contributed by atoms with Gasteiger partial charge < -0.3 is 11.1 Å². The number of rotatable bonds is 4. The molecule has 4 nitrogen and oxygen atoms in total. The molecular weight excluding hydrogens is 212 g/mol. The standard InChI is InChI=1S/C13H18N4/c1-3-13(17-9-11(14)8-16-17)10-5-4-6-12(7-10)15-2/h4-9,13,15H,3,14H2,1-2H3. The van der Waals surface area contributed by atoms with Crippen LogP contribution in [0.15, 0.2) is 36.7 Å². The van der Waals surface area contributed by atoms with Crippen LogP contribution in [0.5, 0.6) is 0 Å². The second kappa shape index (κ2) is 4.91. The van der Waals surface area contributed by atoms with Gasteiger partial charge in [0.05, 0.1) is 17.9 Å². The summed E-state index contributed by atoms with van der Waals surface area (Å²) in [6.45, 7) is 2.15. The Hall–Kier alpha value is -1.97. The molecular formula is C13H18N4. The van der Waals surface area contributed by atoms with Crippen molar-refractivity contribution in [1.82, 2.24) is 9.78 Å². The minimum atomic E-state index is 0.237. The SMILES string of the molecule is CCC(c1cccc(NC)c1)n1cc(N)cn1. The lowest BCUT2D eigenvalue weighted by Gasteiger charge is -2.16. The number of nitrogens with zero attached hydrogens (tertiary/aromatic N) is 2. The first-order chi connectivity index (χ1) is 8.24. The molecule has 0 aliphatic heterocycles. The zero-order valence-corrected chi connectivity index (χ0v) is 10.2. The fourth-order valence-electron chi connectivity index (χ4n) is 2.00. The molecule has 0 amide bonds. The maximum Gasteiger partial charge on any atom is 0.0767 e. The topological polar surface area (TPSA) is 55.9 Å². The fraction of sp³-hybridized carbons (Fsp3) is 0.308. The minimum Gasteiger partial charge on any atom is -0.396 e. The van der Waals surface area contributed by atoms with E-state index in [4.69, 9.17) is 5.73 Å². The van der Waals surface area contributed by atoms with Crippen LogP contribution in [0.4, 0.5) is 11.4 Å². The maximum absolute atomic E-state index is 5.71. The zero-order chi connectivity index (χ0) is 12.3. The van der Waals surface area contributed by atoms with Crippen molar-refractivity contribution in [3.8, 4) is 0 Å². The van der Waals surface area contributed by atoms with E-state index < -0.39 is 0 Å². The van der Waals surface area contributed by atoms with Crippen LogP contribution in [-0.2, 0) is 0 Å². The van der Waals surface area contributed by atoms with Crippen LogP contribution in [0.3, 0.4) is 0 Å². The Morgan fingerprint density at radius 2 is 2.29 bits per heavy atom. The molecule has 1 heterocycles. The van der Waals surface area contributed by atoms with E-state index >= 15 is 0 Å². The highest BCUT2D eigenvalue weighted by Crippen LogP contribution is 2.24. The number of hydrogen-bond donors (Lipinski definition) is 2. The van der Waals surface area contributed by atoms with E-state index in [9.17, 15) is 0 Å². The Morgan fingerprint density at radius 3 is 2.88 bits per heavy atom. The Bertz CT molecular complexity index is 490. The molecule has 0 aliphatic carbocycles. The predicted octanol–water partition coefficient (Wildman–Crippen LogP) is 2.51. The lowest BCUT2D eigenvalue weighted by atomic mass is 10.0. The second-order valence-electron chi connectivity index (χ2n) is 4.05. The highest BCUT2D eigenvalue weighted by atomic mass is 15.3. The van der Waals surface area contributed by atoms with Crippen molar-refractivity contribution in [2.45, 2.75) is 19.4 Å². The van der Waals surface area contributed by atoms with Crippen LogP contribution in [0.2, 0.25) is 0 Å². The van der Waals surface area contributed by atoms with Crippen LogP contribution in [0.1, 0.15) is 24.9 Å². The normalized spacial score (nSPS) is 12.4. The van der Waals surface area contributed by atoms with Gasteiger partial charge in [-0.1, -0.05) is 19.1 Å². The largest absolute Gasteiger partial charge is 0.396 e. The number of anilines is 2. The Balaban J connectivity index is 2.34. The third kappa shape index (κ3) is 2.41. The highest BCUT2D eigenvalue weighted by Gasteiger charge is 2.12. The van der Waals surface area contributed by atoms with Crippen molar-refractivity contribution < 1.29 is 0 Å². The molecule has 4 heteroatoms. The Kier molecular flexibility index (Phi) is 3.32. The summed E-state index contributed by atoms with van der Waals surface area (Å²) in [4.78, 5) is 0. The summed E-state index contributed by atoms with van der Waals surface area (Å²) in [5.74, 6) is 0. The smallest absolute Gasteiger partial charge is 0.0767 e. The van der Waals surface area contributed by atoms with E-state index in [1.807, 2.05) is 24.0 Å². The highest BCUT2D eigenvalue weighted by molar-refractivity contribution is 5.46. The number of nitrogens with two attached hydrogens (primary N) is 1. The summed E-state index contributed by atoms with van der Waals surface area (Å²) in [7, 11) is 1.92. The summed E-state index contributed by atoms with van der Waals surface area (Å²) in [5.41, 5.74) is 8.76. The van der Waals surface area contributed by atoms with Gasteiger partial charge in [-0.15, -0.1) is 0 Å². The third-order valence-corrected chi connectivity index (χ3v) is 2.89. The molecule has 0 spiro atoms. The van der Waals surface area contributed by atoms with Crippen molar-refractivity contribution in [2.24, 2.45) is 0 Å². The molecule has 0 saturated carbocycles. The second-order valence-corrected chi connectivity index (χ2v) is 4.05. The van der Waals surface area contributed by atoms with E-state index in [1.54, 1.807) is 6.20 Å². The van der Waals surface area contributed by atoms with Crippen molar-refractivity contribution in [2.75, 3.05) is 18.1 Å². The van der Waals surface area contributed by atoms with Crippen LogP contribution < -0.4 is 11.1 Å². The number of nitrogens with one attached hydrogen (secondary N) is 1. The lowest BCUT2D eigenvalue weighted by molar-refractivity contribution is 0.509. The summed E-state index contributed by atoms with van der Waals surface area (Å²) in [5, 5.41) is 7.44. The van der Waals surface area contributed by atoms with Crippen LogP contribution in [0.25, 0.3) is 0 Å². The quantitative estimate of drug-likeness (QED) is 0.848. The molecule has 1 aromatic carbocycles. The molecule has 1 aromatic heterocycles. The molecule has 2 rings (SSSR count). The first-order valence-electron chi connectivity index (χ1n) is 5.82. The van der Waals surface area contributed by atoms with Gasteiger partial charge >= 0.3 is 0 Å². The van der Waals surface area contributed by atoms with Crippen LogP contribution >= 0.6 is 0 Å². The van der Waals surface area contributed by atoms with Crippen molar-refractivity contribution in [3.63, 3.8) is 0 Å². The van der Waals surface area contributed by atoms with E-state index in [2.05, 4.69) is 35.5 Å². The molecule has 3 N–H and O–H groups in total. The van der Waals surface area contributed by atoms with E-state index in [0.717, 1.165) is 12.1 Å². The molecule has 1 unspecified atom stereocenters. The van der Waals surface area contributed by atoms with Gasteiger partial charge in [-0.2, -0.15) is 5.10 Å². The number of nitrogen functional groups attached to an aromatic ring is 1. The first kappa shape index (κ1) is 11.5. The van der Waals surface area contributed by atoms with Crippen LogP contribution in [0, 0.1) is 0 Å². The van der Waals surface area contributed by atoms with E-state index in [0.29, 0.717) is 5.69 Å². The molecule has 0 aliphatic rings. The summed E-state index contributed by atoms with van der Waals surface area (Å²) in [6, 6.07) is 8.60. The van der Waals surface area contributed by atoms with Crippen molar-refractivity contribution >= 4 is 11.4 Å². The average molecular weight is 230 g/mol. The minimum absolute atomic E-state index is 0.237. The van der Waals surface area contributed by atoms with Crippen molar-refractivity contribution in [3.05, 3.63) is 42.2 Å². The van der Waals surface area contributed by atoms with E-state index in [-0.39, 0.29) is 6.04 Å². The van der Waals surface area contributed by atoms with Gasteiger partial charge in [0.15, 0.2) is 0 Å². The van der Waals surface area contributed by atoms with Gasteiger partial charge in [-0.3, -0.25) is 4.68 Å². The summed E-state index contributed by atoms with van der Waals surface area (Å²) < 4.78 is 1.92. The fourth-order valence-corrected chi connectivity index (χ4v) is 2.00. The monoisotopic (exact) mass is 230 g/mol. The van der Waals surface area contributed by atoms with E-state index in [1.165, 1.54) is 5.56 Å². The number of benzene rings is 1. The maximum atomic E-state index is 5.71. The predicted molar refractivity (Wildman–Crippen MR) is 71.1 cm³/mol. The lowest BCUT2D eigenvalue weighted by Crippen LogP contribution is -2.10. The Labute approximate surface area is 101 Å².